The zero-order valence-electron chi connectivity index (χ0n) is 12.6. The van der Waals surface area contributed by atoms with Crippen LogP contribution in [0.5, 0.6) is 5.75 Å². The molecule has 1 aliphatic rings. The summed E-state index contributed by atoms with van der Waals surface area (Å²) in [5.74, 6) is 0.796. The van der Waals surface area contributed by atoms with Gasteiger partial charge >= 0.3 is 0 Å². The molecule has 0 aliphatic heterocycles. The average molecular weight is 313 g/mol. The van der Waals surface area contributed by atoms with Gasteiger partial charge in [-0.15, -0.1) is 12.4 Å². The molecule has 0 aromatic heterocycles. The topological polar surface area (TPSA) is 64.3 Å². The van der Waals surface area contributed by atoms with Crippen molar-refractivity contribution in [1.82, 2.24) is 5.32 Å². The molecule has 3 N–H and O–H groups in total. The Balaban J connectivity index is 0.00000220. The number of nitrogens with one attached hydrogen (secondary N) is 1. The van der Waals surface area contributed by atoms with E-state index < -0.39 is 5.54 Å². The van der Waals surface area contributed by atoms with Gasteiger partial charge in [0.15, 0.2) is 0 Å². The van der Waals surface area contributed by atoms with Gasteiger partial charge in [-0.1, -0.05) is 31.4 Å². The second-order valence-corrected chi connectivity index (χ2v) is 5.64. The van der Waals surface area contributed by atoms with Gasteiger partial charge in [0.25, 0.3) is 0 Å². The standard InChI is InChI=1S/C16H24N2O2.ClH/c1-13-6-5-7-14(12-13)20-11-10-18-15(19)16(17)8-3-2-4-9-16;/h5-7,12H,2-4,8-11,17H2,1H3,(H,18,19);1H. The first-order valence-corrected chi connectivity index (χ1v) is 7.37. The molecule has 1 fully saturated rings. The van der Waals surface area contributed by atoms with E-state index >= 15 is 0 Å². The van der Waals surface area contributed by atoms with Crippen molar-refractivity contribution in [3.05, 3.63) is 29.8 Å². The molecular weight excluding hydrogens is 288 g/mol. The third-order valence-corrected chi connectivity index (χ3v) is 3.84. The van der Waals surface area contributed by atoms with Crippen LogP contribution in [0, 0.1) is 6.92 Å². The summed E-state index contributed by atoms with van der Waals surface area (Å²) in [6, 6.07) is 7.88. The molecule has 1 amide bonds. The van der Waals surface area contributed by atoms with Crippen LogP contribution in [-0.4, -0.2) is 24.6 Å². The molecule has 1 saturated carbocycles. The fourth-order valence-corrected chi connectivity index (χ4v) is 2.62. The molecule has 21 heavy (non-hydrogen) atoms. The van der Waals surface area contributed by atoms with Crippen LogP contribution in [0.2, 0.25) is 0 Å². The molecular formula is C16H25ClN2O2. The number of benzene rings is 1. The number of carbonyl (C=O) groups is 1. The van der Waals surface area contributed by atoms with Crippen molar-refractivity contribution in [2.45, 2.75) is 44.6 Å². The summed E-state index contributed by atoms with van der Waals surface area (Å²) in [4.78, 5) is 12.1. The summed E-state index contributed by atoms with van der Waals surface area (Å²) in [5, 5.41) is 2.89. The molecule has 1 aromatic carbocycles. The predicted octanol–water partition coefficient (Wildman–Crippen LogP) is 2.57. The molecule has 1 aromatic rings. The molecule has 0 saturated heterocycles. The fourth-order valence-electron chi connectivity index (χ4n) is 2.62. The van der Waals surface area contributed by atoms with E-state index in [1.807, 2.05) is 31.2 Å². The lowest BCUT2D eigenvalue weighted by Crippen LogP contribution is -2.55. The Hall–Kier alpha value is -1.26. The third-order valence-electron chi connectivity index (χ3n) is 3.84. The van der Waals surface area contributed by atoms with Crippen LogP contribution in [0.4, 0.5) is 0 Å². The molecule has 0 radical (unpaired) electrons. The number of halogens is 1. The maximum Gasteiger partial charge on any atom is 0.240 e. The lowest BCUT2D eigenvalue weighted by molar-refractivity contribution is -0.127. The minimum atomic E-state index is -0.665. The van der Waals surface area contributed by atoms with E-state index in [2.05, 4.69) is 5.32 Å². The third kappa shape index (κ3) is 5.21. The van der Waals surface area contributed by atoms with Gasteiger partial charge in [-0.2, -0.15) is 0 Å². The van der Waals surface area contributed by atoms with Crippen LogP contribution in [0.25, 0.3) is 0 Å². The second-order valence-electron chi connectivity index (χ2n) is 5.64. The predicted molar refractivity (Wildman–Crippen MR) is 86.9 cm³/mol. The van der Waals surface area contributed by atoms with Crippen LogP contribution in [0.3, 0.4) is 0 Å². The minimum absolute atomic E-state index is 0. The van der Waals surface area contributed by atoms with Crippen LogP contribution in [-0.2, 0) is 4.79 Å². The van der Waals surface area contributed by atoms with Gasteiger partial charge in [-0.3, -0.25) is 4.79 Å². The maximum absolute atomic E-state index is 12.1. The van der Waals surface area contributed by atoms with E-state index in [4.69, 9.17) is 10.5 Å². The number of aryl methyl sites for hydroxylation is 1. The Labute approximate surface area is 132 Å². The molecule has 0 atom stereocenters. The summed E-state index contributed by atoms with van der Waals surface area (Å²) < 4.78 is 5.60. The number of hydrogen-bond donors (Lipinski definition) is 2. The Morgan fingerprint density at radius 2 is 2.05 bits per heavy atom. The van der Waals surface area contributed by atoms with Crippen molar-refractivity contribution in [2.75, 3.05) is 13.2 Å². The summed E-state index contributed by atoms with van der Waals surface area (Å²) in [6.07, 6.45) is 4.85. The van der Waals surface area contributed by atoms with Crippen LogP contribution in [0.1, 0.15) is 37.7 Å². The Bertz CT molecular complexity index is 459. The zero-order chi connectivity index (χ0) is 14.4. The summed E-state index contributed by atoms with van der Waals surface area (Å²) in [7, 11) is 0. The first kappa shape index (κ1) is 17.8. The first-order valence-electron chi connectivity index (χ1n) is 7.37. The van der Waals surface area contributed by atoms with Crippen molar-refractivity contribution < 1.29 is 9.53 Å². The maximum atomic E-state index is 12.1. The highest BCUT2D eigenvalue weighted by atomic mass is 35.5. The number of nitrogens with two attached hydrogens (primary N) is 1. The average Bonchev–Trinajstić information content (AvgIpc) is 2.44. The lowest BCUT2D eigenvalue weighted by atomic mass is 9.82. The highest BCUT2D eigenvalue weighted by Crippen LogP contribution is 2.25. The van der Waals surface area contributed by atoms with E-state index in [-0.39, 0.29) is 18.3 Å². The number of carbonyl (C=O) groups excluding carboxylic acids is 1. The molecule has 0 bridgehead atoms. The molecule has 0 heterocycles. The van der Waals surface area contributed by atoms with Crippen LogP contribution < -0.4 is 15.8 Å². The Kier molecular flexibility index (Phi) is 6.99. The quantitative estimate of drug-likeness (QED) is 0.821. The zero-order valence-corrected chi connectivity index (χ0v) is 13.4. The van der Waals surface area contributed by atoms with Gasteiger partial charge < -0.3 is 15.8 Å². The van der Waals surface area contributed by atoms with E-state index in [1.54, 1.807) is 0 Å². The molecule has 1 aliphatic carbocycles. The number of ether oxygens (including phenoxy) is 1. The normalized spacial score (nSPS) is 16.7. The van der Waals surface area contributed by atoms with Crippen LogP contribution >= 0.6 is 12.4 Å². The monoisotopic (exact) mass is 312 g/mol. The van der Waals surface area contributed by atoms with Gasteiger partial charge in [0.1, 0.15) is 12.4 Å². The van der Waals surface area contributed by atoms with Gasteiger partial charge in [-0.25, -0.2) is 0 Å². The highest BCUT2D eigenvalue weighted by molar-refractivity contribution is 5.86. The SMILES string of the molecule is Cc1cccc(OCCNC(=O)C2(N)CCCCC2)c1.Cl. The molecule has 4 nitrogen and oxygen atoms in total. The van der Waals surface area contributed by atoms with E-state index in [0.717, 1.165) is 37.0 Å². The smallest absolute Gasteiger partial charge is 0.240 e. The van der Waals surface area contributed by atoms with Gasteiger partial charge in [0, 0.05) is 0 Å². The van der Waals surface area contributed by atoms with Crippen molar-refractivity contribution >= 4 is 18.3 Å². The lowest BCUT2D eigenvalue weighted by Gasteiger charge is -2.31. The van der Waals surface area contributed by atoms with Gasteiger partial charge in [-0.05, 0) is 37.5 Å². The van der Waals surface area contributed by atoms with E-state index in [9.17, 15) is 4.79 Å². The van der Waals surface area contributed by atoms with E-state index in [0.29, 0.717) is 13.2 Å². The Morgan fingerprint density at radius 3 is 2.71 bits per heavy atom. The fraction of sp³-hybridized carbons (Fsp3) is 0.562. The summed E-state index contributed by atoms with van der Waals surface area (Å²) in [6.45, 7) is 2.98. The molecule has 5 heteroatoms. The largest absolute Gasteiger partial charge is 0.492 e. The summed E-state index contributed by atoms with van der Waals surface area (Å²) in [5.41, 5.74) is 6.66. The second kappa shape index (κ2) is 8.25. The highest BCUT2D eigenvalue weighted by Gasteiger charge is 2.34. The number of hydrogen-bond acceptors (Lipinski definition) is 3. The van der Waals surface area contributed by atoms with E-state index in [1.165, 1.54) is 6.42 Å². The number of amides is 1. The van der Waals surface area contributed by atoms with Crippen molar-refractivity contribution in [3.63, 3.8) is 0 Å². The van der Waals surface area contributed by atoms with Crippen molar-refractivity contribution in [3.8, 4) is 5.75 Å². The van der Waals surface area contributed by atoms with Crippen LogP contribution in [0.15, 0.2) is 24.3 Å². The summed E-state index contributed by atoms with van der Waals surface area (Å²) >= 11 is 0. The first-order chi connectivity index (χ1) is 9.60. The van der Waals surface area contributed by atoms with Gasteiger partial charge in [0.2, 0.25) is 5.91 Å². The molecule has 118 valence electrons. The van der Waals surface area contributed by atoms with Crippen molar-refractivity contribution in [1.29, 1.82) is 0 Å². The Morgan fingerprint density at radius 1 is 1.33 bits per heavy atom. The number of rotatable bonds is 5. The van der Waals surface area contributed by atoms with Crippen molar-refractivity contribution in [2.24, 2.45) is 5.73 Å². The molecule has 2 rings (SSSR count). The van der Waals surface area contributed by atoms with Gasteiger partial charge in [0.05, 0.1) is 12.1 Å². The molecule has 0 unspecified atom stereocenters. The minimum Gasteiger partial charge on any atom is -0.492 e. The molecule has 0 spiro atoms.